The number of rotatable bonds is 6. The first kappa shape index (κ1) is 21.7. The molecule has 1 aliphatic rings. The van der Waals surface area contributed by atoms with Crippen LogP contribution in [0.25, 0.3) is 11.1 Å². The first-order valence-electron chi connectivity index (χ1n) is 9.40. The van der Waals surface area contributed by atoms with Crippen LogP contribution in [0.2, 0.25) is 0 Å². The summed E-state index contributed by atoms with van der Waals surface area (Å²) in [5.74, 6) is 1.03. The number of amides is 1. The number of piperidine rings is 1. The topological polar surface area (TPSA) is 41.6 Å². The fraction of sp³-hybridized carbons (Fsp3) is 0.476. The van der Waals surface area contributed by atoms with Gasteiger partial charge in [-0.05, 0) is 68.6 Å². The number of carbonyl (C=O) groups is 1. The number of hydrogen-bond acceptors (Lipinski definition) is 4. The van der Waals surface area contributed by atoms with Gasteiger partial charge in [0, 0.05) is 17.5 Å². The molecule has 0 atom stereocenters. The number of carbonyl (C=O) groups excluding carboxylic acids is 1. The highest BCUT2D eigenvalue weighted by Crippen LogP contribution is 2.33. The molecule has 1 aliphatic heterocycles. The lowest BCUT2D eigenvalue weighted by Crippen LogP contribution is -2.46. The van der Waals surface area contributed by atoms with Crippen LogP contribution in [-0.4, -0.2) is 43.6 Å². The van der Waals surface area contributed by atoms with Gasteiger partial charge >= 0.3 is 0 Å². The van der Waals surface area contributed by atoms with Gasteiger partial charge in [-0.2, -0.15) is 0 Å². The molecular weight excluding hydrogens is 380 g/mol. The first-order chi connectivity index (χ1) is 12.6. The Morgan fingerprint density at radius 1 is 1.26 bits per heavy atom. The van der Waals surface area contributed by atoms with Crippen molar-refractivity contribution in [2.75, 3.05) is 26.7 Å². The van der Waals surface area contributed by atoms with E-state index in [2.05, 4.69) is 42.3 Å². The maximum atomic E-state index is 13.2. The quantitative estimate of drug-likeness (QED) is 0.749. The van der Waals surface area contributed by atoms with Crippen molar-refractivity contribution in [1.29, 1.82) is 0 Å². The number of ether oxygens (including phenoxy) is 1. The van der Waals surface area contributed by atoms with Crippen molar-refractivity contribution in [3.05, 3.63) is 40.1 Å². The predicted octanol–water partition coefficient (Wildman–Crippen LogP) is 4.76. The van der Waals surface area contributed by atoms with E-state index in [0.29, 0.717) is 6.04 Å². The van der Waals surface area contributed by atoms with Gasteiger partial charge < -0.3 is 15.0 Å². The Kier molecular flexibility index (Phi) is 8.14. The van der Waals surface area contributed by atoms with Crippen LogP contribution in [0.3, 0.4) is 0 Å². The van der Waals surface area contributed by atoms with Gasteiger partial charge in [0.1, 0.15) is 5.75 Å². The molecule has 0 bridgehead atoms. The Balaban J connectivity index is 0.00000261. The van der Waals surface area contributed by atoms with Crippen LogP contribution >= 0.6 is 23.7 Å². The van der Waals surface area contributed by atoms with Crippen LogP contribution in [0.15, 0.2) is 30.3 Å². The van der Waals surface area contributed by atoms with E-state index in [9.17, 15) is 4.79 Å². The maximum absolute atomic E-state index is 13.2. The number of nitrogens with zero attached hydrogens (tertiary/aromatic N) is 1. The van der Waals surface area contributed by atoms with Crippen LogP contribution < -0.4 is 10.1 Å². The number of methoxy groups -OCH3 is 1. The molecule has 1 N–H and O–H groups in total. The van der Waals surface area contributed by atoms with Gasteiger partial charge in [-0.25, -0.2) is 0 Å². The minimum atomic E-state index is 0. The molecule has 1 amide bonds. The second kappa shape index (κ2) is 10.1. The van der Waals surface area contributed by atoms with Gasteiger partial charge in [0.2, 0.25) is 0 Å². The molecule has 6 heteroatoms. The lowest BCUT2D eigenvalue weighted by Gasteiger charge is -2.34. The summed E-state index contributed by atoms with van der Waals surface area (Å²) in [5, 5.41) is 3.39. The summed E-state index contributed by atoms with van der Waals surface area (Å²) in [6.07, 6.45) is 3.08. The second-order valence-electron chi connectivity index (χ2n) is 6.79. The van der Waals surface area contributed by atoms with Crippen LogP contribution in [0.4, 0.5) is 0 Å². The Morgan fingerprint density at radius 3 is 2.52 bits per heavy atom. The molecule has 27 heavy (non-hydrogen) atoms. The molecule has 3 rings (SSSR count). The third kappa shape index (κ3) is 5.03. The van der Waals surface area contributed by atoms with Gasteiger partial charge in [-0.15, -0.1) is 23.7 Å². The maximum Gasteiger partial charge on any atom is 0.264 e. The Morgan fingerprint density at radius 2 is 1.93 bits per heavy atom. The molecule has 0 unspecified atom stereocenters. The molecule has 148 valence electrons. The second-order valence-corrected chi connectivity index (χ2v) is 8.05. The number of nitrogens with one attached hydrogen (secondary N) is 1. The summed E-state index contributed by atoms with van der Waals surface area (Å²) < 4.78 is 5.24. The zero-order chi connectivity index (χ0) is 18.5. The third-order valence-corrected chi connectivity index (χ3v) is 6.04. The van der Waals surface area contributed by atoms with Crippen molar-refractivity contribution in [1.82, 2.24) is 10.2 Å². The van der Waals surface area contributed by atoms with Crippen LogP contribution in [-0.2, 0) is 0 Å². The standard InChI is InChI=1S/C21H28N2O2S.ClH/c1-4-13-23(17-9-11-22-12-10-17)21(24)20-14-19(15(2)26-20)16-5-7-18(25-3)8-6-16;/h5-8,14,17,22H,4,9-13H2,1-3H3;1H. The van der Waals surface area contributed by atoms with Crippen molar-refractivity contribution in [3.8, 4) is 16.9 Å². The molecule has 1 saturated heterocycles. The monoisotopic (exact) mass is 408 g/mol. The molecule has 0 spiro atoms. The fourth-order valence-electron chi connectivity index (χ4n) is 3.60. The van der Waals surface area contributed by atoms with Gasteiger partial charge in [-0.1, -0.05) is 19.1 Å². The molecule has 1 aromatic carbocycles. The lowest BCUT2D eigenvalue weighted by atomic mass is 10.0. The number of hydrogen-bond donors (Lipinski definition) is 1. The first-order valence-corrected chi connectivity index (χ1v) is 10.2. The number of thiophene rings is 1. The molecule has 0 saturated carbocycles. The van der Waals surface area contributed by atoms with Crippen molar-refractivity contribution in [2.24, 2.45) is 0 Å². The average molecular weight is 409 g/mol. The van der Waals surface area contributed by atoms with Crippen molar-refractivity contribution in [3.63, 3.8) is 0 Å². The molecule has 1 aromatic heterocycles. The normalized spacial score (nSPS) is 14.5. The van der Waals surface area contributed by atoms with Crippen LogP contribution in [0.1, 0.15) is 40.7 Å². The number of benzene rings is 1. The summed E-state index contributed by atoms with van der Waals surface area (Å²) in [6, 6.07) is 10.5. The highest BCUT2D eigenvalue weighted by molar-refractivity contribution is 7.14. The average Bonchev–Trinajstić information content (AvgIpc) is 3.08. The summed E-state index contributed by atoms with van der Waals surface area (Å²) in [7, 11) is 1.67. The van der Waals surface area contributed by atoms with E-state index in [4.69, 9.17) is 4.74 Å². The minimum absolute atomic E-state index is 0. The predicted molar refractivity (Wildman–Crippen MR) is 116 cm³/mol. The van der Waals surface area contributed by atoms with Crippen molar-refractivity contribution < 1.29 is 9.53 Å². The summed E-state index contributed by atoms with van der Waals surface area (Å²) in [5.41, 5.74) is 2.27. The number of aryl methyl sites for hydroxylation is 1. The molecule has 2 aromatic rings. The molecule has 0 aliphatic carbocycles. The van der Waals surface area contributed by atoms with E-state index in [-0.39, 0.29) is 18.3 Å². The molecule has 1 fully saturated rings. The Hall–Kier alpha value is -1.56. The third-order valence-electron chi connectivity index (χ3n) is 5.00. The molecule has 0 radical (unpaired) electrons. The molecular formula is C21H29ClN2O2S. The van der Waals surface area contributed by atoms with Crippen LogP contribution in [0.5, 0.6) is 5.75 Å². The zero-order valence-electron chi connectivity index (χ0n) is 16.3. The largest absolute Gasteiger partial charge is 0.497 e. The smallest absolute Gasteiger partial charge is 0.264 e. The van der Waals surface area contributed by atoms with E-state index in [1.807, 2.05) is 12.1 Å². The minimum Gasteiger partial charge on any atom is -0.497 e. The molecule has 4 nitrogen and oxygen atoms in total. The Labute approximate surface area is 172 Å². The van der Waals surface area contributed by atoms with E-state index in [1.165, 1.54) is 4.88 Å². The highest BCUT2D eigenvalue weighted by Gasteiger charge is 2.27. The SMILES string of the molecule is CCCN(C(=O)c1cc(-c2ccc(OC)cc2)c(C)s1)C1CCNCC1.Cl. The van der Waals surface area contributed by atoms with Gasteiger partial charge in [0.25, 0.3) is 5.91 Å². The van der Waals surface area contributed by atoms with Crippen LogP contribution in [0, 0.1) is 6.92 Å². The fourth-order valence-corrected chi connectivity index (χ4v) is 4.59. The van der Waals surface area contributed by atoms with Crippen molar-refractivity contribution in [2.45, 2.75) is 39.2 Å². The van der Waals surface area contributed by atoms with Crippen molar-refractivity contribution >= 4 is 29.7 Å². The summed E-state index contributed by atoms with van der Waals surface area (Å²) >= 11 is 1.61. The van der Waals surface area contributed by atoms with Gasteiger partial charge in [0.05, 0.1) is 12.0 Å². The summed E-state index contributed by atoms with van der Waals surface area (Å²) in [4.78, 5) is 17.4. The zero-order valence-corrected chi connectivity index (χ0v) is 17.9. The van der Waals surface area contributed by atoms with E-state index < -0.39 is 0 Å². The highest BCUT2D eigenvalue weighted by atomic mass is 35.5. The Bertz CT molecular complexity index is 739. The van der Waals surface area contributed by atoms with E-state index >= 15 is 0 Å². The number of halogens is 1. The van der Waals surface area contributed by atoms with Gasteiger partial charge in [0.15, 0.2) is 0 Å². The summed E-state index contributed by atoms with van der Waals surface area (Å²) in [6.45, 7) is 7.06. The van der Waals surface area contributed by atoms with Gasteiger partial charge in [-0.3, -0.25) is 4.79 Å². The molecule has 2 heterocycles. The lowest BCUT2D eigenvalue weighted by molar-refractivity contribution is 0.0647. The van der Waals surface area contributed by atoms with E-state index in [0.717, 1.165) is 60.7 Å². The van der Waals surface area contributed by atoms with E-state index in [1.54, 1.807) is 18.4 Å².